The molecular formula is C24H21BrN2O5S2. The number of hydrogen-bond acceptors (Lipinski definition) is 8. The zero-order chi connectivity index (χ0) is 23.8. The van der Waals surface area contributed by atoms with Crippen LogP contribution >= 0.6 is 38.6 Å². The van der Waals surface area contributed by atoms with Crippen molar-refractivity contribution >= 4 is 50.6 Å². The molecule has 0 radical (unpaired) electrons. The predicted molar refractivity (Wildman–Crippen MR) is 134 cm³/mol. The van der Waals surface area contributed by atoms with E-state index < -0.39 is 12.0 Å². The predicted octanol–water partition coefficient (Wildman–Crippen LogP) is 4.13. The lowest BCUT2D eigenvalue weighted by atomic mass is 9.94. The van der Waals surface area contributed by atoms with Gasteiger partial charge in [-0.1, -0.05) is 30.7 Å². The first-order valence-electron chi connectivity index (χ1n) is 10.9. The van der Waals surface area contributed by atoms with Crippen LogP contribution in [-0.2, 0) is 9.53 Å². The largest absolute Gasteiger partial charge is 0.463 e. The molecule has 7 nitrogen and oxygen atoms in total. The van der Waals surface area contributed by atoms with E-state index in [-0.39, 0.29) is 19.0 Å². The average molecular weight is 561 g/mol. The Morgan fingerprint density at radius 2 is 2.06 bits per heavy atom. The molecule has 1 atom stereocenters. The highest BCUT2D eigenvalue weighted by Crippen LogP contribution is 2.38. The van der Waals surface area contributed by atoms with Crippen LogP contribution in [0.1, 0.15) is 43.2 Å². The second-order valence-corrected chi connectivity index (χ2v) is 11.2. The quantitative estimate of drug-likeness (QED) is 0.423. The highest BCUT2D eigenvalue weighted by molar-refractivity contribution is 9.11. The Labute approximate surface area is 211 Å². The number of esters is 1. The van der Waals surface area contributed by atoms with Crippen LogP contribution in [0.3, 0.4) is 0 Å². The lowest BCUT2D eigenvalue weighted by molar-refractivity contribution is -0.139. The summed E-state index contributed by atoms with van der Waals surface area (Å²) >= 11 is 6.34. The zero-order valence-electron chi connectivity index (χ0n) is 18.5. The van der Waals surface area contributed by atoms with Gasteiger partial charge in [-0.25, -0.2) is 9.79 Å². The molecule has 1 aromatic carbocycles. The molecule has 10 heteroatoms. The zero-order valence-corrected chi connectivity index (χ0v) is 21.7. The molecule has 4 heterocycles. The lowest BCUT2D eigenvalue weighted by Crippen LogP contribution is -2.40. The van der Waals surface area contributed by atoms with E-state index in [0.29, 0.717) is 38.5 Å². The second-order valence-electron chi connectivity index (χ2n) is 7.67. The summed E-state index contributed by atoms with van der Waals surface area (Å²) in [6, 6.07) is 8.72. The van der Waals surface area contributed by atoms with Gasteiger partial charge in [-0.15, -0.1) is 11.3 Å². The van der Waals surface area contributed by atoms with Crippen molar-refractivity contribution in [2.75, 3.05) is 13.4 Å². The number of allylic oxidation sites excluding steroid dienone is 1. The number of carbonyl (C=O) groups is 1. The van der Waals surface area contributed by atoms with Gasteiger partial charge < -0.3 is 14.2 Å². The third-order valence-electron chi connectivity index (χ3n) is 5.47. The van der Waals surface area contributed by atoms with Crippen LogP contribution in [0.4, 0.5) is 0 Å². The first-order chi connectivity index (χ1) is 16.5. The summed E-state index contributed by atoms with van der Waals surface area (Å²) in [6.45, 7) is 4.17. The molecule has 0 aliphatic carbocycles. The normalized spacial score (nSPS) is 17.0. The summed E-state index contributed by atoms with van der Waals surface area (Å²) in [6.07, 6.45) is 3.26. The monoisotopic (exact) mass is 560 g/mol. The number of benzene rings is 1. The number of rotatable bonds is 6. The number of nitrogens with zero attached hydrogens (tertiary/aromatic N) is 2. The molecule has 2 aliphatic rings. The fraction of sp³-hybridized carbons (Fsp3) is 0.292. The smallest absolute Gasteiger partial charge is 0.338 e. The number of thiazole rings is 1. The fourth-order valence-electron chi connectivity index (χ4n) is 4.05. The van der Waals surface area contributed by atoms with E-state index in [9.17, 15) is 9.59 Å². The molecule has 34 heavy (non-hydrogen) atoms. The van der Waals surface area contributed by atoms with E-state index >= 15 is 0 Å². The molecule has 2 aromatic heterocycles. The number of halogens is 1. The maximum atomic E-state index is 13.7. The van der Waals surface area contributed by atoms with Crippen molar-refractivity contribution in [2.24, 2.45) is 4.99 Å². The fourth-order valence-corrected chi connectivity index (χ4v) is 6.51. The van der Waals surface area contributed by atoms with Crippen molar-refractivity contribution < 1.29 is 19.0 Å². The third kappa shape index (κ3) is 4.14. The van der Waals surface area contributed by atoms with Crippen LogP contribution in [0.15, 0.2) is 55.2 Å². The minimum atomic E-state index is -0.677. The molecule has 0 bridgehead atoms. The van der Waals surface area contributed by atoms with Crippen molar-refractivity contribution in [3.05, 3.63) is 75.5 Å². The molecule has 0 saturated heterocycles. The van der Waals surface area contributed by atoms with Crippen molar-refractivity contribution in [3.8, 4) is 11.5 Å². The Kier molecular flexibility index (Phi) is 6.46. The maximum absolute atomic E-state index is 13.7. The maximum Gasteiger partial charge on any atom is 0.338 e. The summed E-state index contributed by atoms with van der Waals surface area (Å²) in [5, 5.41) is 0. The number of carbonyl (C=O) groups excluding carboxylic acids is 1. The van der Waals surface area contributed by atoms with Gasteiger partial charge in [0.15, 0.2) is 16.3 Å². The summed E-state index contributed by atoms with van der Waals surface area (Å²) in [5.74, 6) is 0.754. The van der Waals surface area contributed by atoms with Gasteiger partial charge in [-0.2, -0.15) is 0 Å². The van der Waals surface area contributed by atoms with Gasteiger partial charge in [0.25, 0.3) is 5.56 Å². The van der Waals surface area contributed by atoms with E-state index in [1.54, 1.807) is 28.9 Å². The van der Waals surface area contributed by atoms with Gasteiger partial charge in [0, 0.05) is 4.88 Å². The molecule has 0 unspecified atom stereocenters. The van der Waals surface area contributed by atoms with Crippen LogP contribution in [0.5, 0.6) is 11.5 Å². The summed E-state index contributed by atoms with van der Waals surface area (Å²) in [5.41, 5.74) is 1.58. The van der Waals surface area contributed by atoms with Crippen molar-refractivity contribution in [1.29, 1.82) is 0 Å². The molecule has 5 rings (SSSR count). The standard InChI is InChI=1S/C24H21BrN2O5S2/c1-3-5-15-20(23(29)30-4-2)21(13-6-8-16-17(10-13)32-12-31-16)27-22(28)18(34-24(27)26-15)11-14-7-9-19(25)33-14/h6-11,21H,3-5,12H2,1-2H3/b18-11+/t21-/m1/s1. The van der Waals surface area contributed by atoms with E-state index in [4.69, 9.17) is 19.2 Å². The van der Waals surface area contributed by atoms with Crippen LogP contribution in [0, 0.1) is 0 Å². The first kappa shape index (κ1) is 23.1. The van der Waals surface area contributed by atoms with E-state index in [0.717, 1.165) is 20.6 Å². The molecule has 2 aliphatic heterocycles. The Morgan fingerprint density at radius 3 is 2.79 bits per heavy atom. The van der Waals surface area contributed by atoms with Gasteiger partial charge >= 0.3 is 5.97 Å². The molecule has 0 saturated carbocycles. The van der Waals surface area contributed by atoms with Crippen LogP contribution in [0.25, 0.3) is 6.08 Å². The lowest BCUT2D eigenvalue weighted by Gasteiger charge is -2.25. The van der Waals surface area contributed by atoms with Gasteiger partial charge in [0.05, 0.1) is 32.2 Å². The van der Waals surface area contributed by atoms with E-state index in [1.807, 2.05) is 37.3 Å². The molecule has 3 aromatic rings. The summed E-state index contributed by atoms with van der Waals surface area (Å²) in [7, 11) is 0. The molecular weight excluding hydrogens is 540 g/mol. The molecule has 0 amide bonds. The number of hydrogen-bond donors (Lipinski definition) is 0. The van der Waals surface area contributed by atoms with Crippen molar-refractivity contribution in [1.82, 2.24) is 4.57 Å². The Hall–Kier alpha value is -2.69. The molecule has 0 N–H and O–H groups in total. The second kappa shape index (κ2) is 9.52. The number of ether oxygens (including phenoxy) is 3. The minimum absolute atomic E-state index is 0.138. The van der Waals surface area contributed by atoms with Gasteiger partial charge in [-0.3, -0.25) is 9.36 Å². The SMILES string of the molecule is CCCC1=C(C(=O)OCC)[C@@H](c2ccc3c(c2)OCO3)n2c(s/c(=C/c3ccc(Br)s3)c2=O)=N1. The van der Waals surface area contributed by atoms with E-state index in [2.05, 4.69) is 15.9 Å². The molecule has 176 valence electrons. The summed E-state index contributed by atoms with van der Waals surface area (Å²) < 4.78 is 19.6. The Morgan fingerprint density at radius 1 is 1.24 bits per heavy atom. The molecule has 0 spiro atoms. The Balaban J connectivity index is 1.76. The number of thiophene rings is 1. The highest BCUT2D eigenvalue weighted by atomic mass is 79.9. The third-order valence-corrected chi connectivity index (χ3v) is 8.03. The van der Waals surface area contributed by atoms with Crippen LogP contribution < -0.4 is 24.4 Å². The van der Waals surface area contributed by atoms with Gasteiger partial charge in [0.2, 0.25) is 6.79 Å². The molecule has 0 fully saturated rings. The van der Waals surface area contributed by atoms with Crippen molar-refractivity contribution in [2.45, 2.75) is 32.7 Å². The number of fused-ring (bicyclic) bond motifs is 2. The van der Waals surface area contributed by atoms with Crippen LogP contribution in [-0.4, -0.2) is 23.9 Å². The number of aromatic nitrogens is 1. The van der Waals surface area contributed by atoms with E-state index in [1.165, 1.54) is 11.3 Å². The average Bonchev–Trinajstić information content (AvgIpc) is 3.52. The Bertz CT molecular complexity index is 1480. The topological polar surface area (TPSA) is 79.1 Å². The van der Waals surface area contributed by atoms with Crippen molar-refractivity contribution in [3.63, 3.8) is 0 Å². The summed E-state index contributed by atoms with van der Waals surface area (Å²) in [4.78, 5) is 33.2. The minimum Gasteiger partial charge on any atom is -0.463 e. The first-order valence-corrected chi connectivity index (χ1v) is 13.3. The van der Waals surface area contributed by atoms with Gasteiger partial charge in [-0.05, 0) is 65.2 Å². The van der Waals surface area contributed by atoms with Gasteiger partial charge in [0.1, 0.15) is 0 Å². The van der Waals surface area contributed by atoms with Crippen LogP contribution in [0.2, 0.25) is 0 Å². The highest BCUT2D eigenvalue weighted by Gasteiger charge is 2.35.